The molecular formula is C41H43N4O4P. The number of amides is 1. The molecule has 0 saturated carbocycles. The van der Waals surface area contributed by atoms with Gasteiger partial charge in [-0.25, -0.2) is 4.79 Å². The zero-order valence-electron chi connectivity index (χ0n) is 28.9. The van der Waals surface area contributed by atoms with Crippen LogP contribution in [0.25, 0.3) is 11.5 Å². The van der Waals surface area contributed by atoms with E-state index in [0.717, 1.165) is 27.9 Å². The number of carbonyl (C=O) groups is 2. The molecule has 9 heteroatoms. The molecule has 0 saturated heterocycles. The number of hydrogen-bond donors (Lipinski definition) is 1. The molecule has 5 rings (SSSR count). The third-order valence-corrected chi connectivity index (χ3v) is 13.2. The quantitative estimate of drug-likeness (QED) is 0.127. The number of nitriles is 1. The van der Waals surface area contributed by atoms with Crippen LogP contribution in [0, 0.1) is 16.7 Å². The van der Waals surface area contributed by atoms with E-state index >= 15 is 4.79 Å². The summed E-state index contributed by atoms with van der Waals surface area (Å²) >= 11 is 0. The zero-order valence-corrected chi connectivity index (χ0v) is 29.8. The van der Waals surface area contributed by atoms with Gasteiger partial charge in [0.05, 0.1) is 6.04 Å². The van der Waals surface area contributed by atoms with Gasteiger partial charge < -0.3 is 9.52 Å². The SMILES string of the molecule is CCCC[C@@H](C(=O)C(C#N)=P(c1ccccc1)(c1ccccc1)c1ccccc1)N(C(=O)O)[C@H](Cc1nnc(-c2ccccc2)o1)C(C)(C)C. The maximum atomic E-state index is 15.4. The van der Waals surface area contributed by atoms with E-state index in [0.29, 0.717) is 12.3 Å². The van der Waals surface area contributed by atoms with Gasteiger partial charge in [0.2, 0.25) is 11.8 Å². The van der Waals surface area contributed by atoms with Gasteiger partial charge in [-0.15, -0.1) is 10.2 Å². The van der Waals surface area contributed by atoms with Crippen molar-refractivity contribution in [3.8, 4) is 17.5 Å². The molecule has 0 fully saturated rings. The van der Waals surface area contributed by atoms with Gasteiger partial charge >= 0.3 is 6.09 Å². The van der Waals surface area contributed by atoms with E-state index in [1.165, 1.54) is 4.90 Å². The van der Waals surface area contributed by atoms with Crippen LogP contribution < -0.4 is 15.9 Å². The highest BCUT2D eigenvalue weighted by atomic mass is 31.2. The lowest BCUT2D eigenvalue weighted by molar-refractivity contribution is -0.119. The molecule has 1 N–H and O–H groups in total. The Bertz CT molecular complexity index is 1880. The van der Waals surface area contributed by atoms with Crippen LogP contribution >= 0.6 is 6.89 Å². The maximum absolute atomic E-state index is 15.4. The van der Waals surface area contributed by atoms with Crippen molar-refractivity contribution in [1.29, 1.82) is 5.26 Å². The number of aromatic nitrogens is 2. The van der Waals surface area contributed by atoms with Crippen molar-refractivity contribution in [1.82, 2.24) is 15.1 Å². The summed E-state index contributed by atoms with van der Waals surface area (Å²) in [5.41, 5.74) is 0.0999. The van der Waals surface area contributed by atoms with Crippen LogP contribution in [-0.2, 0) is 11.2 Å². The average molecular weight is 687 g/mol. The van der Waals surface area contributed by atoms with Crippen LogP contribution in [0.3, 0.4) is 0 Å². The molecule has 50 heavy (non-hydrogen) atoms. The summed E-state index contributed by atoms with van der Waals surface area (Å²) in [5.74, 6) is 0.107. The summed E-state index contributed by atoms with van der Waals surface area (Å²) in [5, 5.41) is 33.3. The fraction of sp³-hybridized carbons (Fsp3) is 0.268. The molecule has 1 aromatic heterocycles. The topological polar surface area (TPSA) is 120 Å². The molecule has 0 bridgehead atoms. The van der Waals surface area contributed by atoms with Gasteiger partial charge in [-0.1, -0.05) is 150 Å². The summed E-state index contributed by atoms with van der Waals surface area (Å²) in [7, 11) is 0. The molecular weight excluding hydrogens is 643 g/mol. The van der Waals surface area contributed by atoms with Crippen molar-refractivity contribution in [3.05, 3.63) is 127 Å². The molecule has 1 amide bonds. The van der Waals surface area contributed by atoms with Gasteiger partial charge in [0, 0.05) is 18.0 Å². The number of Topliss-reactive ketones (excluding diaryl/α,β-unsaturated/α-hetero) is 1. The molecule has 4 aromatic carbocycles. The van der Waals surface area contributed by atoms with Gasteiger partial charge in [0.25, 0.3) is 0 Å². The van der Waals surface area contributed by atoms with Crippen LogP contribution in [0.2, 0.25) is 0 Å². The van der Waals surface area contributed by atoms with Crippen molar-refractivity contribution in [2.24, 2.45) is 5.41 Å². The number of carboxylic acid groups (broad SMARTS) is 1. The Hall–Kier alpha value is -5.25. The van der Waals surface area contributed by atoms with Crippen LogP contribution in [0.15, 0.2) is 126 Å². The second kappa shape index (κ2) is 16.0. The fourth-order valence-corrected chi connectivity index (χ4v) is 10.7. The molecule has 0 radical (unpaired) electrons. The van der Waals surface area contributed by atoms with Crippen LogP contribution in [0.5, 0.6) is 0 Å². The van der Waals surface area contributed by atoms with Gasteiger partial charge in [0.15, 0.2) is 5.78 Å². The van der Waals surface area contributed by atoms with E-state index in [2.05, 4.69) is 16.3 Å². The average Bonchev–Trinajstić information content (AvgIpc) is 3.61. The zero-order chi connectivity index (χ0) is 35.7. The second-order valence-electron chi connectivity index (χ2n) is 13.3. The highest BCUT2D eigenvalue weighted by molar-refractivity contribution is 7.97. The van der Waals surface area contributed by atoms with Crippen LogP contribution in [-0.4, -0.2) is 49.5 Å². The Labute approximate surface area is 294 Å². The molecule has 1 heterocycles. The smallest absolute Gasteiger partial charge is 0.408 e. The number of hydrogen-bond acceptors (Lipinski definition) is 6. The molecule has 0 unspecified atom stereocenters. The monoisotopic (exact) mass is 686 g/mol. The second-order valence-corrected chi connectivity index (χ2v) is 16.6. The summed E-state index contributed by atoms with van der Waals surface area (Å²) in [6.07, 6.45) is 0.407. The normalized spacial score (nSPS) is 12.8. The van der Waals surface area contributed by atoms with Gasteiger partial charge in [-0.3, -0.25) is 9.69 Å². The minimum Gasteiger partial charge on any atom is -0.465 e. The molecule has 2 atom stereocenters. The largest absolute Gasteiger partial charge is 0.465 e. The van der Waals surface area contributed by atoms with Crippen LogP contribution in [0.1, 0.15) is 52.8 Å². The lowest BCUT2D eigenvalue weighted by atomic mass is 9.82. The predicted molar refractivity (Wildman–Crippen MR) is 201 cm³/mol. The van der Waals surface area contributed by atoms with E-state index in [1.807, 2.05) is 149 Å². The third-order valence-electron chi connectivity index (χ3n) is 8.99. The number of rotatable bonds is 13. The van der Waals surface area contributed by atoms with Crippen molar-refractivity contribution < 1.29 is 19.1 Å². The van der Waals surface area contributed by atoms with Crippen molar-refractivity contribution >= 4 is 40.0 Å². The number of unbranched alkanes of at least 4 members (excludes halogenated alkanes) is 1. The van der Waals surface area contributed by atoms with Crippen molar-refractivity contribution in [2.75, 3.05) is 0 Å². The Morgan fingerprint density at radius 1 is 0.820 bits per heavy atom. The lowest BCUT2D eigenvalue weighted by Crippen LogP contribution is -2.57. The van der Waals surface area contributed by atoms with Gasteiger partial charge in [-0.2, -0.15) is 5.26 Å². The number of ketones is 1. The van der Waals surface area contributed by atoms with Gasteiger partial charge in [-0.05, 0) is 46.8 Å². The Kier molecular flexibility index (Phi) is 11.5. The summed E-state index contributed by atoms with van der Waals surface area (Å²) < 4.78 is 6.06. The molecule has 8 nitrogen and oxygen atoms in total. The Morgan fingerprint density at radius 3 is 1.72 bits per heavy atom. The first-order valence-corrected chi connectivity index (χ1v) is 18.7. The lowest BCUT2D eigenvalue weighted by Gasteiger charge is -2.42. The van der Waals surface area contributed by atoms with E-state index in [-0.39, 0.29) is 24.0 Å². The first-order valence-electron chi connectivity index (χ1n) is 16.9. The summed E-state index contributed by atoms with van der Waals surface area (Å²) in [6, 6.07) is 38.9. The molecule has 256 valence electrons. The number of carbonyl (C=O) groups excluding carboxylic acids is 1. The molecule has 0 aliphatic carbocycles. The Balaban J connectivity index is 1.74. The molecule has 0 aliphatic heterocycles. The maximum Gasteiger partial charge on any atom is 0.408 e. The first kappa shape index (κ1) is 36.0. The fourth-order valence-electron chi connectivity index (χ4n) is 6.54. The summed E-state index contributed by atoms with van der Waals surface area (Å²) in [6.45, 7) is 4.72. The van der Waals surface area contributed by atoms with E-state index < -0.39 is 36.3 Å². The molecule has 5 aromatic rings. The minimum atomic E-state index is -3.10. The third kappa shape index (κ3) is 7.49. The number of nitrogens with zero attached hydrogens (tertiary/aromatic N) is 4. The van der Waals surface area contributed by atoms with E-state index in [9.17, 15) is 15.2 Å². The highest BCUT2D eigenvalue weighted by Crippen LogP contribution is 2.47. The molecule has 0 aliphatic rings. The van der Waals surface area contributed by atoms with Crippen molar-refractivity contribution in [2.45, 2.75) is 65.5 Å². The number of benzene rings is 4. The van der Waals surface area contributed by atoms with Crippen molar-refractivity contribution in [3.63, 3.8) is 0 Å². The Morgan fingerprint density at radius 2 is 1.30 bits per heavy atom. The minimum absolute atomic E-state index is 0.0604. The summed E-state index contributed by atoms with van der Waals surface area (Å²) in [4.78, 5) is 30.1. The first-order chi connectivity index (χ1) is 24.1. The van der Waals surface area contributed by atoms with E-state index in [4.69, 9.17) is 4.42 Å². The highest BCUT2D eigenvalue weighted by Gasteiger charge is 2.44. The van der Waals surface area contributed by atoms with Gasteiger partial charge in [0.1, 0.15) is 11.4 Å². The predicted octanol–water partition coefficient (Wildman–Crippen LogP) is 7.49. The standard InChI is InChI=1S/C41H43N4O4P/c1-5-6-27-34(45(40(47)48)36(41(2,3)4)28-37-43-44-39(49-37)30-19-11-7-12-20-30)38(46)35(29-42)50(31-21-13-8-14-22-31,32-23-15-9-16-24-32)33-25-17-10-18-26-33/h7-26,34,36H,5-6,27-28H2,1-4H3,(H,47,48)/t34-,36+/m0/s1. The van der Waals surface area contributed by atoms with Crippen LogP contribution in [0.4, 0.5) is 4.79 Å². The molecule has 0 spiro atoms. The van der Waals surface area contributed by atoms with E-state index in [1.54, 1.807) is 0 Å².